The van der Waals surface area contributed by atoms with Gasteiger partial charge in [0.15, 0.2) is 16.0 Å². The van der Waals surface area contributed by atoms with Gasteiger partial charge in [0.1, 0.15) is 0 Å². The molecule has 22 heavy (non-hydrogen) atoms. The average molecular weight is 341 g/mol. The maximum Gasteiger partial charge on any atom is 0.229 e. The van der Waals surface area contributed by atoms with E-state index >= 15 is 0 Å². The molecule has 1 fully saturated rings. The second kappa shape index (κ2) is 6.70. The van der Waals surface area contributed by atoms with Gasteiger partial charge in [-0.2, -0.15) is 0 Å². The molecular formula is C14H13F2N3OS2. The highest BCUT2D eigenvalue weighted by Crippen LogP contribution is 2.31. The zero-order chi connectivity index (χ0) is 15.5. The number of nitrogens with one attached hydrogen (secondary N) is 1. The van der Waals surface area contributed by atoms with Crippen molar-refractivity contribution in [1.29, 1.82) is 0 Å². The lowest BCUT2D eigenvalue weighted by atomic mass is 9.85. The molecule has 4 nitrogen and oxygen atoms in total. The second-order valence-electron chi connectivity index (χ2n) is 5.03. The van der Waals surface area contributed by atoms with Crippen LogP contribution >= 0.6 is 23.1 Å². The third kappa shape index (κ3) is 3.61. The first-order chi connectivity index (χ1) is 10.6. The minimum Gasteiger partial charge on any atom is -0.300 e. The SMILES string of the molecule is O=C(Nc1nnc(SCc2ccc(F)c(F)c2)s1)C1CCC1. The Morgan fingerprint density at radius 3 is 2.82 bits per heavy atom. The molecule has 1 aliphatic rings. The second-order valence-corrected chi connectivity index (χ2v) is 7.23. The average Bonchev–Trinajstić information content (AvgIpc) is 2.85. The fraction of sp³-hybridized carbons (Fsp3) is 0.357. The number of benzene rings is 1. The smallest absolute Gasteiger partial charge is 0.229 e. The van der Waals surface area contributed by atoms with Gasteiger partial charge in [0.05, 0.1) is 0 Å². The van der Waals surface area contributed by atoms with Crippen molar-refractivity contribution >= 4 is 34.1 Å². The van der Waals surface area contributed by atoms with Crippen LogP contribution in [0.2, 0.25) is 0 Å². The zero-order valence-corrected chi connectivity index (χ0v) is 13.1. The molecule has 1 heterocycles. The number of aromatic nitrogens is 2. The predicted octanol–water partition coefficient (Wildman–Crippen LogP) is 3.85. The Hall–Kier alpha value is -1.54. The molecule has 0 unspecified atom stereocenters. The summed E-state index contributed by atoms with van der Waals surface area (Å²) in [5.41, 5.74) is 0.666. The number of hydrogen-bond donors (Lipinski definition) is 1. The van der Waals surface area contributed by atoms with Crippen LogP contribution in [0.3, 0.4) is 0 Å². The Balaban J connectivity index is 1.54. The summed E-state index contributed by atoms with van der Waals surface area (Å²) in [4.78, 5) is 11.8. The fourth-order valence-corrected chi connectivity index (χ4v) is 3.67. The number of carbonyl (C=O) groups excluding carboxylic acids is 1. The van der Waals surface area contributed by atoms with Crippen molar-refractivity contribution < 1.29 is 13.6 Å². The number of rotatable bonds is 5. The lowest BCUT2D eigenvalue weighted by molar-refractivity contribution is -0.122. The van der Waals surface area contributed by atoms with Gasteiger partial charge in [0, 0.05) is 11.7 Å². The van der Waals surface area contributed by atoms with Crippen LogP contribution in [0.1, 0.15) is 24.8 Å². The van der Waals surface area contributed by atoms with Gasteiger partial charge in [-0.25, -0.2) is 8.78 Å². The maximum absolute atomic E-state index is 13.1. The molecule has 3 rings (SSSR count). The minimum atomic E-state index is -0.858. The van der Waals surface area contributed by atoms with Crippen LogP contribution < -0.4 is 5.32 Å². The van der Waals surface area contributed by atoms with E-state index in [0.29, 0.717) is 20.8 Å². The molecule has 0 atom stereocenters. The van der Waals surface area contributed by atoms with Gasteiger partial charge in [-0.15, -0.1) is 10.2 Å². The van der Waals surface area contributed by atoms with Crippen LogP contribution in [0.15, 0.2) is 22.5 Å². The number of amides is 1. The quantitative estimate of drug-likeness (QED) is 0.663. The standard InChI is InChI=1S/C14H13F2N3OS2/c15-10-5-4-8(6-11(10)16)7-21-14-19-18-13(22-14)17-12(20)9-2-1-3-9/h4-6,9H,1-3,7H2,(H,17,18,20). The highest BCUT2D eigenvalue weighted by atomic mass is 32.2. The molecule has 0 spiro atoms. The topological polar surface area (TPSA) is 54.9 Å². The maximum atomic E-state index is 13.1. The molecule has 1 saturated carbocycles. The van der Waals surface area contributed by atoms with E-state index in [1.165, 1.54) is 35.2 Å². The molecule has 8 heteroatoms. The van der Waals surface area contributed by atoms with Crippen molar-refractivity contribution in [3.8, 4) is 0 Å². The Morgan fingerprint density at radius 2 is 2.14 bits per heavy atom. The van der Waals surface area contributed by atoms with Crippen molar-refractivity contribution in [3.63, 3.8) is 0 Å². The molecule has 1 aromatic carbocycles. The van der Waals surface area contributed by atoms with Crippen LogP contribution in [-0.4, -0.2) is 16.1 Å². The summed E-state index contributed by atoms with van der Waals surface area (Å²) in [6.07, 6.45) is 2.97. The summed E-state index contributed by atoms with van der Waals surface area (Å²) in [6.45, 7) is 0. The van der Waals surface area contributed by atoms with Gasteiger partial charge in [0.2, 0.25) is 11.0 Å². The molecule has 1 amide bonds. The van der Waals surface area contributed by atoms with Gasteiger partial charge in [0.25, 0.3) is 0 Å². The Labute approximate surface area is 134 Å². The normalized spacial score (nSPS) is 14.6. The molecule has 0 aliphatic heterocycles. The van der Waals surface area contributed by atoms with Crippen LogP contribution in [0.4, 0.5) is 13.9 Å². The fourth-order valence-electron chi connectivity index (χ4n) is 1.97. The van der Waals surface area contributed by atoms with Crippen LogP contribution in [0.5, 0.6) is 0 Å². The third-order valence-electron chi connectivity index (χ3n) is 3.46. The molecule has 1 aromatic heterocycles. The molecule has 2 aromatic rings. The van der Waals surface area contributed by atoms with Crippen molar-refractivity contribution in [3.05, 3.63) is 35.4 Å². The largest absolute Gasteiger partial charge is 0.300 e. The van der Waals surface area contributed by atoms with E-state index in [4.69, 9.17) is 0 Å². The number of nitrogens with zero attached hydrogens (tertiary/aromatic N) is 2. The minimum absolute atomic E-state index is 0.000411. The molecule has 1 aliphatic carbocycles. The summed E-state index contributed by atoms with van der Waals surface area (Å²) < 4.78 is 26.6. The monoisotopic (exact) mass is 341 g/mol. The highest BCUT2D eigenvalue weighted by Gasteiger charge is 2.25. The van der Waals surface area contributed by atoms with E-state index in [9.17, 15) is 13.6 Å². The molecule has 0 radical (unpaired) electrons. The summed E-state index contributed by atoms with van der Waals surface area (Å²) in [7, 11) is 0. The summed E-state index contributed by atoms with van der Waals surface area (Å²) in [5.74, 6) is -1.15. The van der Waals surface area contributed by atoms with E-state index in [0.717, 1.165) is 25.3 Å². The number of hydrogen-bond acceptors (Lipinski definition) is 5. The van der Waals surface area contributed by atoms with Gasteiger partial charge < -0.3 is 5.32 Å². The number of anilines is 1. The van der Waals surface area contributed by atoms with E-state index in [2.05, 4.69) is 15.5 Å². The summed E-state index contributed by atoms with van der Waals surface area (Å²) in [6, 6.07) is 3.81. The molecule has 1 N–H and O–H groups in total. The van der Waals surface area contributed by atoms with E-state index in [1.807, 2.05) is 0 Å². The third-order valence-corrected chi connectivity index (χ3v) is 5.50. The molecule has 0 saturated heterocycles. The first-order valence-electron chi connectivity index (χ1n) is 6.83. The van der Waals surface area contributed by atoms with Gasteiger partial charge in [-0.1, -0.05) is 35.6 Å². The van der Waals surface area contributed by atoms with Crippen molar-refractivity contribution in [2.24, 2.45) is 5.92 Å². The number of carbonyl (C=O) groups is 1. The van der Waals surface area contributed by atoms with Crippen LogP contribution in [0, 0.1) is 17.6 Å². The van der Waals surface area contributed by atoms with E-state index < -0.39 is 11.6 Å². The van der Waals surface area contributed by atoms with Crippen molar-refractivity contribution in [2.75, 3.05) is 5.32 Å². The van der Waals surface area contributed by atoms with Crippen LogP contribution in [-0.2, 0) is 10.5 Å². The predicted molar refractivity (Wildman–Crippen MR) is 81.8 cm³/mol. The first-order valence-corrected chi connectivity index (χ1v) is 8.63. The molecule has 116 valence electrons. The van der Waals surface area contributed by atoms with Gasteiger partial charge in [-0.05, 0) is 30.5 Å². The Kier molecular flexibility index (Phi) is 4.68. The van der Waals surface area contributed by atoms with Gasteiger partial charge >= 0.3 is 0 Å². The number of thioether (sulfide) groups is 1. The number of halogens is 2. The Bertz CT molecular complexity index is 688. The zero-order valence-electron chi connectivity index (χ0n) is 11.5. The first kappa shape index (κ1) is 15.4. The van der Waals surface area contributed by atoms with E-state index in [-0.39, 0.29) is 11.8 Å². The lowest BCUT2D eigenvalue weighted by Crippen LogP contribution is -2.27. The van der Waals surface area contributed by atoms with Crippen molar-refractivity contribution in [2.45, 2.75) is 29.4 Å². The van der Waals surface area contributed by atoms with E-state index in [1.54, 1.807) is 0 Å². The van der Waals surface area contributed by atoms with Gasteiger partial charge in [-0.3, -0.25) is 4.79 Å². The molecule has 0 bridgehead atoms. The summed E-state index contributed by atoms with van der Waals surface area (Å²) >= 11 is 2.65. The highest BCUT2D eigenvalue weighted by molar-refractivity contribution is 8.00. The summed E-state index contributed by atoms with van der Waals surface area (Å²) in [5, 5.41) is 11.1. The van der Waals surface area contributed by atoms with Crippen molar-refractivity contribution in [1.82, 2.24) is 10.2 Å². The Morgan fingerprint density at radius 1 is 1.32 bits per heavy atom. The lowest BCUT2D eigenvalue weighted by Gasteiger charge is -2.23. The molecular weight excluding hydrogens is 328 g/mol. The van der Waals surface area contributed by atoms with Crippen LogP contribution in [0.25, 0.3) is 0 Å².